The maximum Gasteiger partial charge on any atom is 0.0294 e. The lowest BCUT2D eigenvalue weighted by molar-refractivity contribution is 0.581. The molecule has 0 aliphatic heterocycles. The number of unbranched alkanes of at least 4 members (excludes halogenated alkanes) is 2. The predicted octanol–water partition coefficient (Wildman–Crippen LogP) is 4.81. The van der Waals surface area contributed by atoms with E-state index < -0.39 is 0 Å². The molecule has 1 aromatic carbocycles. The van der Waals surface area contributed by atoms with Crippen molar-refractivity contribution in [1.82, 2.24) is 0 Å². The molecular formula is C15H26ClN. The Morgan fingerprint density at radius 2 is 1.53 bits per heavy atom. The molecule has 0 aliphatic carbocycles. The second-order valence-corrected chi connectivity index (χ2v) is 4.92. The lowest BCUT2D eigenvalue weighted by Gasteiger charge is -2.13. The molecule has 0 heterocycles. The summed E-state index contributed by atoms with van der Waals surface area (Å²) in [5, 5.41) is 0. The van der Waals surface area contributed by atoms with Crippen LogP contribution in [0.4, 0.5) is 0 Å². The topological polar surface area (TPSA) is 26.0 Å². The first kappa shape index (κ1) is 16.5. The molecule has 0 radical (unpaired) electrons. The van der Waals surface area contributed by atoms with Crippen LogP contribution < -0.4 is 5.73 Å². The molecule has 17 heavy (non-hydrogen) atoms. The van der Waals surface area contributed by atoms with Crippen LogP contribution in [-0.4, -0.2) is 0 Å². The maximum absolute atomic E-state index is 6.16. The highest BCUT2D eigenvalue weighted by Gasteiger charge is 2.06. The van der Waals surface area contributed by atoms with Gasteiger partial charge in [-0.05, 0) is 23.5 Å². The standard InChI is InChI=1S/C15H25N.ClH/c1-4-5-6-7-15(16)14-10-8-13(9-11-14)12(2)3;/h8-12,15H,4-7,16H2,1-3H3;1H/t15-;/m0./s1. The Hall–Kier alpha value is -0.530. The van der Waals surface area contributed by atoms with Crippen LogP contribution in [0, 0.1) is 0 Å². The zero-order valence-electron chi connectivity index (χ0n) is 11.3. The van der Waals surface area contributed by atoms with Crippen molar-refractivity contribution in [1.29, 1.82) is 0 Å². The highest BCUT2D eigenvalue weighted by atomic mass is 35.5. The molecule has 0 fully saturated rings. The Morgan fingerprint density at radius 3 is 2.00 bits per heavy atom. The van der Waals surface area contributed by atoms with Gasteiger partial charge in [0, 0.05) is 6.04 Å². The molecule has 0 aliphatic rings. The van der Waals surface area contributed by atoms with Gasteiger partial charge in [-0.1, -0.05) is 64.3 Å². The van der Waals surface area contributed by atoms with E-state index in [2.05, 4.69) is 45.0 Å². The quantitative estimate of drug-likeness (QED) is 0.725. The third-order valence-corrected chi connectivity index (χ3v) is 3.15. The third-order valence-electron chi connectivity index (χ3n) is 3.15. The van der Waals surface area contributed by atoms with Crippen LogP contribution in [-0.2, 0) is 0 Å². The molecule has 0 amide bonds. The van der Waals surface area contributed by atoms with E-state index >= 15 is 0 Å². The average Bonchev–Trinajstić information content (AvgIpc) is 2.29. The Balaban J connectivity index is 0.00000256. The van der Waals surface area contributed by atoms with Gasteiger partial charge in [-0.3, -0.25) is 0 Å². The Morgan fingerprint density at radius 1 is 1.00 bits per heavy atom. The fourth-order valence-electron chi connectivity index (χ4n) is 1.91. The minimum Gasteiger partial charge on any atom is -0.324 e. The molecule has 1 nitrogen and oxygen atoms in total. The number of halogens is 1. The largest absolute Gasteiger partial charge is 0.324 e. The fourth-order valence-corrected chi connectivity index (χ4v) is 1.91. The number of hydrogen-bond donors (Lipinski definition) is 1. The van der Waals surface area contributed by atoms with Gasteiger partial charge < -0.3 is 5.73 Å². The Labute approximate surface area is 112 Å². The number of nitrogens with two attached hydrogens (primary N) is 1. The van der Waals surface area contributed by atoms with Gasteiger partial charge in [0.2, 0.25) is 0 Å². The van der Waals surface area contributed by atoms with Gasteiger partial charge in [-0.15, -0.1) is 12.4 Å². The highest BCUT2D eigenvalue weighted by molar-refractivity contribution is 5.85. The summed E-state index contributed by atoms with van der Waals surface area (Å²) in [5.74, 6) is 0.602. The van der Waals surface area contributed by atoms with Gasteiger partial charge in [-0.2, -0.15) is 0 Å². The smallest absolute Gasteiger partial charge is 0.0294 e. The molecular weight excluding hydrogens is 230 g/mol. The van der Waals surface area contributed by atoms with Gasteiger partial charge in [0.1, 0.15) is 0 Å². The van der Waals surface area contributed by atoms with Crippen molar-refractivity contribution in [2.45, 2.75) is 58.4 Å². The van der Waals surface area contributed by atoms with Gasteiger partial charge >= 0.3 is 0 Å². The van der Waals surface area contributed by atoms with E-state index in [-0.39, 0.29) is 18.4 Å². The van der Waals surface area contributed by atoms with Crippen molar-refractivity contribution >= 4 is 12.4 Å². The van der Waals surface area contributed by atoms with Crippen molar-refractivity contribution in [2.75, 3.05) is 0 Å². The molecule has 2 heteroatoms. The average molecular weight is 256 g/mol. The van der Waals surface area contributed by atoms with Crippen molar-refractivity contribution < 1.29 is 0 Å². The van der Waals surface area contributed by atoms with E-state index in [9.17, 15) is 0 Å². The summed E-state index contributed by atoms with van der Waals surface area (Å²) in [6.45, 7) is 6.66. The lowest BCUT2D eigenvalue weighted by Crippen LogP contribution is -2.10. The zero-order valence-corrected chi connectivity index (χ0v) is 12.1. The zero-order chi connectivity index (χ0) is 12.0. The summed E-state index contributed by atoms with van der Waals surface area (Å²) in [6, 6.07) is 9.00. The molecule has 0 bridgehead atoms. The Kier molecular flexibility index (Phi) is 8.28. The molecule has 0 spiro atoms. The van der Waals surface area contributed by atoms with Crippen LogP contribution in [0.3, 0.4) is 0 Å². The fraction of sp³-hybridized carbons (Fsp3) is 0.600. The molecule has 0 saturated heterocycles. The minimum absolute atomic E-state index is 0. The SMILES string of the molecule is CCCCC[C@H](N)c1ccc(C(C)C)cc1.Cl. The third kappa shape index (κ3) is 5.56. The molecule has 1 atom stereocenters. The van der Waals surface area contributed by atoms with E-state index in [0.29, 0.717) is 5.92 Å². The number of rotatable bonds is 6. The molecule has 1 aromatic rings. The van der Waals surface area contributed by atoms with Crippen molar-refractivity contribution in [2.24, 2.45) is 5.73 Å². The summed E-state index contributed by atoms with van der Waals surface area (Å²) in [6.07, 6.45) is 4.90. The van der Waals surface area contributed by atoms with Crippen LogP contribution in [0.1, 0.15) is 69.5 Å². The van der Waals surface area contributed by atoms with Gasteiger partial charge in [-0.25, -0.2) is 0 Å². The molecule has 98 valence electrons. The van der Waals surface area contributed by atoms with Crippen LogP contribution in [0.25, 0.3) is 0 Å². The normalized spacial score (nSPS) is 12.3. The van der Waals surface area contributed by atoms with E-state index in [1.807, 2.05) is 0 Å². The summed E-state index contributed by atoms with van der Waals surface area (Å²) in [7, 11) is 0. The lowest BCUT2D eigenvalue weighted by atomic mass is 9.97. The van der Waals surface area contributed by atoms with Gasteiger partial charge in [0.05, 0.1) is 0 Å². The molecule has 0 saturated carbocycles. The summed E-state index contributed by atoms with van der Waals surface area (Å²) in [5.41, 5.74) is 8.83. The minimum atomic E-state index is 0. The van der Waals surface area contributed by atoms with E-state index in [1.165, 1.54) is 30.4 Å². The monoisotopic (exact) mass is 255 g/mol. The first-order chi connectivity index (χ1) is 7.65. The first-order valence-electron chi connectivity index (χ1n) is 6.50. The van der Waals surface area contributed by atoms with Crippen LogP contribution >= 0.6 is 12.4 Å². The van der Waals surface area contributed by atoms with E-state index in [4.69, 9.17) is 5.73 Å². The van der Waals surface area contributed by atoms with Crippen LogP contribution in [0.15, 0.2) is 24.3 Å². The highest BCUT2D eigenvalue weighted by Crippen LogP contribution is 2.20. The van der Waals surface area contributed by atoms with Crippen molar-refractivity contribution in [3.63, 3.8) is 0 Å². The first-order valence-corrected chi connectivity index (χ1v) is 6.50. The second-order valence-electron chi connectivity index (χ2n) is 4.92. The summed E-state index contributed by atoms with van der Waals surface area (Å²) >= 11 is 0. The second kappa shape index (κ2) is 8.54. The van der Waals surface area contributed by atoms with Crippen molar-refractivity contribution in [3.8, 4) is 0 Å². The summed E-state index contributed by atoms with van der Waals surface area (Å²) < 4.78 is 0. The predicted molar refractivity (Wildman–Crippen MR) is 78.8 cm³/mol. The van der Waals surface area contributed by atoms with Gasteiger partial charge in [0.25, 0.3) is 0 Å². The van der Waals surface area contributed by atoms with E-state index in [0.717, 1.165) is 6.42 Å². The number of hydrogen-bond acceptors (Lipinski definition) is 1. The molecule has 2 N–H and O–H groups in total. The van der Waals surface area contributed by atoms with Crippen LogP contribution in [0.5, 0.6) is 0 Å². The maximum atomic E-state index is 6.16. The molecule has 0 unspecified atom stereocenters. The molecule has 0 aromatic heterocycles. The van der Waals surface area contributed by atoms with E-state index in [1.54, 1.807) is 0 Å². The number of benzene rings is 1. The van der Waals surface area contributed by atoms with Crippen LogP contribution in [0.2, 0.25) is 0 Å². The van der Waals surface area contributed by atoms with Crippen molar-refractivity contribution in [3.05, 3.63) is 35.4 Å². The Bertz CT molecular complexity index is 292. The van der Waals surface area contributed by atoms with Gasteiger partial charge in [0.15, 0.2) is 0 Å². The summed E-state index contributed by atoms with van der Waals surface area (Å²) in [4.78, 5) is 0. The molecule has 1 rings (SSSR count).